The van der Waals surface area contributed by atoms with Gasteiger partial charge in [0.2, 0.25) is 0 Å². The molecule has 0 unspecified atom stereocenters. The van der Waals surface area contributed by atoms with E-state index in [1.807, 2.05) is 0 Å². The molecule has 0 radical (unpaired) electrons. The molecule has 12 rings (SSSR count). The lowest BCUT2D eigenvalue weighted by molar-refractivity contribution is 1.48. The van der Waals surface area contributed by atoms with E-state index < -0.39 is 0 Å². The number of hydrogen-bond acceptors (Lipinski definition) is 2. The third-order valence-corrected chi connectivity index (χ3v) is 13.2. The SMILES string of the molecule is c1ccc(-c2cc3ccccc3cc2-c2c3ccccc3c(-c3c4ccccc4c(-c4ccc(-c5nc6ccccc6s5)cc4)c4ccccc34)c3ccccc23)cc1. The van der Waals surface area contributed by atoms with Crippen LogP contribution in [0.5, 0.6) is 0 Å². The van der Waals surface area contributed by atoms with Crippen LogP contribution in [0.1, 0.15) is 0 Å². The Morgan fingerprint density at radius 1 is 0.288 bits per heavy atom. The van der Waals surface area contributed by atoms with Gasteiger partial charge in [0.05, 0.1) is 10.2 Å². The molecule has 0 bridgehead atoms. The molecule has 274 valence electrons. The van der Waals surface area contributed by atoms with Crippen molar-refractivity contribution in [2.24, 2.45) is 0 Å². The van der Waals surface area contributed by atoms with Crippen LogP contribution in [-0.4, -0.2) is 4.98 Å². The minimum atomic E-state index is 1.05. The molecule has 0 aliphatic carbocycles. The van der Waals surface area contributed by atoms with Crippen LogP contribution in [0.4, 0.5) is 0 Å². The van der Waals surface area contributed by atoms with Crippen LogP contribution >= 0.6 is 11.3 Å². The number of aromatic nitrogens is 1. The zero-order chi connectivity index (χ0) is 38.9. The van der Waals surface area contributed by atoms with Crippen molar-refractivity contribution in [2.45, 2.75) is 0 Å². The number of rotatable bonds is 5. The Bertz CT molecular complexity index is 3450. The number of fused-ring (bicyclic) bond motifs is 6. The molecule has 0 saturated carbocycles. The Balaban J connectivity index is 1.14. The van der Waals surface area contributed by atoms with E-state index >= 15 is 0 Å². The van der Waals surface area contributed by atoms with Gasteiger partial charge < -0.3 is 0 Å². The lowest BCUT2D eigenvalue weighted by Gasteiger charge is -2.23. The van der Waals surface area contributed by atoms with Crippen LogP contribution in [0, 0.1) is 0 Å². The average Bonchev–Trinajstić information content (AvgIpc) is 3.75. The molecule has 0 aliphatic rings. The summed E-state index contributed by atoms with van der Waals surface area (Å²) in [5.74, 6) is 0. The molecular formula is C57H35NS. The summed E-state index contributed by atoms with van der Waals surface area (Å²) in [7, 11) is 0. The lowest BCUT2D eigenvalue weighted by Crippen LogP contribution is -1.95. The summed E-state index contributed by atoms with van der Waals surface area (Å²) < 4.78 is 1.21. The maximum absolute atomic E-state index is 4.96. The predicted octanol–water partition coefficient (Wildman–Crippen LogP) is 16.4. The summed E-state index contributed by atoms with van der Waals surface area (Å²) >= 11 is 1.75. The predicted molar refractivity (Wildman–Crippen MR) is 254 cm³/mol. The fourth-order valence-electron chi connectivity index (χ4n) is 9.48. The van der Waals surface area contributed by atoms with Crippen molar-refractivity contribution in [3.05, 3.63) is 212 Å². The molecule has 0 fully saturated rings. The van der Waals surface area contributed by atoms with Gasteiger partial charge in [0, 0.05) is 5.56 Å². The largest absolute Gasteiger partial charge is 0.236 e. The first-order chi connectivity index (χ1) is 29.3. The highest BCUT2D eigenvalue weighted by atomic mass is 32.1. The second-order valence-corrected chi connectivity index (χ2v) is 16.4. The van der Waals surface area contributed by atoms with Crippen molar-refractivity contribution in [2.75, 3.05) is 0 Å². The molecule has 1 nitrogen and oxygen atoms in total. The van der Waals surface area contributed by atoms with Gasteiger partial charge in [-0.1, -0.05) is 188 Å². The van der Waals surface area contributed by atoms with Gasteiger partial charge in [-0.25, -0.2) is 4.98 Å². The first-order valence-electron chi connectivity index (χ1n) is 20.2. The normalized spacial score (nSPS) is 11.7. The molecule has 0 N–H and O–H groups in total. The molecule has 0 aliphatic heterocycles. The van der Waals surface area contributed by atoms with Gasteiger partial charge >= 0.3 is 0 Å². The number of para-hydroxylation sites is 1. The number of nitrogens with zero attached hydrogens (tertiary/aromatic N) is 1. The van der Waals surface area contributed by atoms with Crippen molar-refractivity contribution in [3.8, 4) is 55.1 Å². The summed E-state index contributed by atoms with van der Waals surface area (Å²) in [5, 5.41) is 13.5. The van der Waals surface area contributed by atoms with Gasteiger partial charge in [0.25, 0.3) is 0 Å². The van der Waals surface area contributed by atoms with Crippen molar-refractivity contribution in [3.63, 3.8) is 0 Å². The summed E-state index contributed by atoms with van der Waals surface area (Å²) in [6.07, 6.45) is 0. The van der Waals surface area contributed by atoms with Crippen LogP contribution in [0.15, 0.2) is 212 Å². The second-order valence-electron chi connectivity index (χ2n) is 15.4. The first kappa shape index (κ1) is 33.7. The highest BCUT2D eigenvalue weighted by molar-refractivity contribution is 7.21. The maximum atomic E-state index is 4.96. The van der Waals surface area contributed by atoms with Crippen molar-refractivity contribution >= 4 is 75.4 Å². The summed E-state index contributed by atoms with van der Waals surface area (Å²) in [4.78, 5) is 4.96. The Morgan fingerprint density at radius 3 is 1.22 bits per heavy atom. The van der Waals surface area contributed by atoms with Crippen molar-refractivity contribution in [1.82, 2.24) is 4.98 Å². The fourth-order valence-corrected chi connectivity index (χ4v) is 10.4. The van der Waals surface area contributed by atoms with Crippen molar-refractivity contribution in [1.29, 1.82) is 0 Å². The molecule has 0 amide bonds. The van der Waals surface area contributed by atoms with E-state index in [9.17, 15) is 0 Å². The molecule has 12 aromatic rings. The van der Waals surface area contributed by atoms with E-state index in [-0.39, 0.29) is 0 Å². The summed E-state index contributed by atoms with van der Waals surface area (Å²) in [6, 6.07) is 78.0. The minimum Gasteiger partial charge on any atom is -0.236 e. The van der Waals surface area contributed by atoms with Crippen LogP contribution in [0.25, 0.3) is 119 Å². The standard InChI is InChI=1S/C57H35NS/c1-2-16-36(17-3-1)49-34-39-18-4-5-19-40(39)35-50(49)54-43-22-8-12-26-47(43)56(48-27-13-9-23-44(48)54)55-45-24-10-6-20-41(45)53(42-21-7-11-25-46(42)55)37-30-32-38(33-31-37)57-58-51-28-14-15-29-52(51)59-57/h1-35H. The topological polar surface area (TPSA) is 12.9 Å². The van der Waals surface area contributed by atoms with E-state index in [0.717, 1.165) is 16.1 Å². The zero-order valence-electron chi connectivity index (χ0n) is 32.1. The number of benzene rings is 11. The lowest BCUT2D eigenvalue weighted by atomic mass is 9.80. The molecule has 1 aromatic heterocycles. The van der Waals surface area contributed by atoms with Crippen LogP contribution in [0.2, 0.25) is 0 Å². The average molecular weight is 766 g/mol. The number of thiazole rings is 1. The van der Waals surface area contributed by atoms with Gasteiger partial charge in [0.1, 0.15) is 5.01 Å². The fraction of sp³-hybridized carbons (Fsp3) is 0. The third kappa shape index (κ3) is 5.41. The second kappa shape index (κ2) is 13.6. The van der Waals surface area contributed by atoms with E-state index in [0.29, 0.717) is 0 Å². The molecule has 0 atom stereocenters. The molecular weight excluding hydrogens is 731 g/mol. The molecule has 59 heavy (non-hydrogen) atoms. The van der Waals surface area contributed by atoms with E-state index in [1.165, 1.54) is 103 Å². The monoisotopic (exact) mass is 765 g/mol. The summed E-state index contributed by atoms with van der Waals surface area (Å²) in [6.45, 7) is 0. The molecule has 0 saturated heterocycles. The Labute approximate surface area is 346 Å². The molecule has 0 spiro atoms. The smallest absolute Gasteiger partial charge is 0.124 e. The van der Waals surface area contributed by atoms with E-state index in [4.69, 9.17) is 4.98 Å². The Kier molecular flexibility index (Phi) is 7.79. The Hall–Kier alpha value is -7.39. The van der Waals surface area contributed by atoms with E-state index in [1.54, 1.807) is 11.3 Å². The third-order valence-electron chi connectivity index (χ3n) is 12.1. The van der Waals surface area contributed by atoms with Gasteiger partial charge in [-0.3, -0.25) is 0 Å². The van der Waals surface area contributed by atoms with Gasteiger partial charge in [0.15, 0.2) is 0 Å². The molecule has 11 aromatic carbocycles. The maximum Gasteiger partial charge on any atom is 0.124 e. The van der Waals surface area contributed by atoms with Gasteiger partial charge in [-0.2, -0.15) is 0 Å². The van der Waals surface area contributed by atoms with Crippen LogP contribution in [-0.2, 0) is 0 Å². The van der Waals surface area contributed by atoms with Crippen LogP contribution in [0.3, 0.4) is 0 Å². The zero-order valence-corrected chi connectivity index (χ0v) is 32.9. The van der Waals surface area contributed by atoms with Gasteiger partial charge in [-0.05, 0) is 123 Å². The first-order valence-corrected chi connectivity index (χ1v) is 21.0. The highest BCUT2D eigenvalue weighted by Crippen LogP contribution is 2.51. The van der Waals surface area contributed by atoms with Gasteiger partial charge in [-0.15, -0.1) is 11.3 Å². The van der Waals surface area contributed by atoms with Crippen LogP contribution < -0.4 is 0 Å². The summed E-state index contributed by atoms with van der Waals surface area (Å²) in [5.41, 5.74) is 12.1. The Morgan fingerprint density at radius 2 is 0.695 bits per heavy atom. The van der Waals surface area contributed by atoms with Crippen molar-refractivity contribution < 1.29 is 0 Å². The molecule has 1 heterocycles. The molecule has 2 heteroatoms. The van der Waals surface area contributed by atoms with E-state index in [2.05, 4.69) is 212 Å². The number of hydrogen-bond donors (Lipinski definition) is 0. The minimum absolute atomic E-state index is 1.05. The highest BCUT2D eigenvalue weighted by Gasteiger charge is 2.23. The quantitative estimate of drug-likeness (QED) is 0.159.